The van der Waals surface area contributed by atoms with Crippen molar-refractivity contribution in [2.24, 2.45) is 31.3 Å². The number of hydrazone groups is 1. The van der Waals surface area contributed by atoms with Crippen molar-refractivity contribution in [3.63, 3.8) is 0 Å². The third-order valence-corrected chi connectivity index (χ3v) is 5.13. The first-order valence-corrected chi connectivity index (χ1v) is 7.56. The van der Waals surface area contributed by atoms with Crippen molar-refractivity contribution < 1.29 is 0 Å². The molecule has 0 fully saturated rings. The standard InChI is InChI=1S/C17H28N4/c1-14(2,3)16(7)9-13-18-11-17(8,15(4,5)6)19-12-21(13)20-10-16/h9-12H,1-8H3. The summed E-state index contributed by atoms with van der Waals surface area (Å²) in [6.07, 6.45) is 7.94. The Balaban J connectivity index is 2.45. The molecule has 0 saturated heterocycles. The number of allylic oxidation sites excluding steroid dienone is 1. The first-order chi connectivity index (χ1) is 9.38. The van der Waals surface area contributed by atoms with Crippen LogP contribution in [0.15, 0.2) is 27.0 Å². The number of rotatable bonds is 0. The summed E-state index contributed by atoms with van der Waals surface area (Å²) in [5.41, 5.74) is -0.369. The van der Waals surface area contributed by atoms with E-state index in [9.17, 15) is 0 Å². The summed E-state index contributed by atoms with van der Waals surface area (Å²) in [5.74, 6) is 0.853. The molecule has 116 valence electrons. The van der Waals surface area contributed by atoms with Gasteiger partial charge >= 0.3 is 0 Å². The average molecular weight is 288 g/mol. The fourth-order valence-electron chi connectivity index (χ4n) is 2.00. The van der Waals surface area contributed by atoms with E-state index in [0.717, 1.165) is 5.82 Å². The lowest BCUT2D eigenvalue weighted by Crippen LogP contribution is -2.39. The Morgan fingerprint density at radius 2 is 1.57 bits per heavy atom. The maximum atomic E-state index is 4.72. The molecule has 0 spiro atoms. The van der Waals surface area contributed by atoms with E-state index in [2.05, 4.69) is 66.6 Å². The van der Waals surface area contributed by atoms with Gasteiger partial charge in [-0.25, -0.2) is 10.0 Å². The van der Waals surface area contributed by atoms with Crippen LogP contribution in [-0.4, -0.2) is 29.3 Å². The van der Waals surface area contributed by atoms with E-state index in [0.29, 0.717) is 0 Å². The zero-order valence-electron chi connectivity index (χ0n) is 14.6. The second kappa shape index (κ2) is 4.52. The van der Waals surface area contributed by atoms with Crippen molar-refractivity contribution in [1.82, 2.24) is 5.01 Å². The molecule has 2 unspecified atom stereocenters. The molecule has 0 saturated carbocycles. The number of hydrogen-bond donors (Lipinski definition) is 0. The molecular formula is C17H28N4. The molecule has 0 bridgehead atoms. The zero-order valence-corrected chi connectivity index (χ0v) is 14.6. The zero-order chi connectivity index (χ0) is 16.1. The van der Waals surface area contributed by atoms with Crippen LogP contribution in [0.3, 0.4) is 0 Å². The van der Waals surface area contributed by atoms with Crippen molar-refractivity contribution in [2.45, 2.75) is 60.9 Å². The van der Waals surface area contributed by atoms with E-state index < -0.39 is 0 Å². The van der Waals surface area contributed by atoms with Crippen LogP contribution in [0.4, 0.5) is 0 Å². The lowest BCUT2D eigenvalue weighted by molar-refractivity contribution is 0.244. The summed E-state index contributed by atoms with van der Waals surface area (Å²) in [6, 6.07) is 0. The summed E-state index contributed by atoms with van der Waals surface area (Å²) in [6.45, 7) is 17.5. The number of aliphatic imine (C=N–C) groups is 2. The molecule has 4 heteroatoms. The highest BCUT2D eigenvalue weighted by molar-refractivity contribution is 5.80. The monoisotopic (exact) mass is 288 g/mol. The van der Waals surface area contributed by atoms with E-state index in [1.807, 2.05) is 12.4 Å². The molecule has 2 heterocycles. The van der Waals surface area contributed by atoms with Gasteiger partial charge < -0.3 is 0 Å². The summed E-state index contributed by atoms with van der Waals surface area (Å²) in [7, 11) is 0. The summed E-state index contributed by atoms with van der Waals surface area (Å²) in [5, 5.41) is 6.32. The molecule has 0 aliphatic carbocycles. The fourth-order valence-corrected chi connectivity index (χ4v) is 2.00. The molecule has 0 radical (unpaired) electrons. The number of hydrogen-bond acceptors (Lipinski definition) is 4. The van der Waals surface area contributed by atoms with Gasteiger partial charge in [-0.1, -0.05) is 48.5 Å². The molecule has 0 N–H and O–H groups in total. The predicted octanol–water partition coefficient (Wildman–Crippen LogP) is 4.10. The molecule has 2 atom stereocenters. The summed E-state index contributed by atoms with van der Waals surface area (Å²) >= 11 is 0. The van der Waals surface area contributed by atoms with Crippen LogP contribution in [0.5, 0.6) is 0 Å². The molecule has 0 aromatic rings. The highest BCUT2D eigenvalue weighted by Gasteiger charge is 2.40. The molecule has 2 aliphatic heterocycles. The van der Waals surface area contributed by atoms with Gasteiger partial charge in [-0.05, 0) is 23.8 Å². The van der Waals surface area contributed by atoms with Gasteiger partial charge in [-0.2, -0.15) is 5.10 Å². The van der Waals surface area contributed by atoms with E-state index in [4.69, 9.17) is 9.98 Å². The van der Waals surface area contributed by atoms with Crippen LogP contribution >= 0.6 is 0 Å². The first-order valence-electron chi connectivity index (χ1n) is 7.56. The van der Waals surface area contributed by atoms with Crippen molar-refractivity contribution in [3.05, 3.63) is 11.9 Å². The minimum atomic E-state index is -0.334. The largest absolute Gasteiger partial charge is 0.261 e. The summed E-state index contributed by atoms with van der Waals surface area (Å²) < 4.78 is 0. The average Bonchev–Trinajstić information content (AvgIpc) is 2.48. The molecule has 2 rings (SSSR count). The Hall–Kier alpha value is -1.45. The molecule has 0 amide bonds. The van der Waals surface area contributed by atoms with Gasteiger partial charge in [0.05, 0.1) is 5.54 Å². The van der Waals surface area contributed by atoms with Gasteiger partial charge in [-0.15, -0.1) is 0 Å². The highest BCUT2D eigenvalue weighted by Crippen LogP contribution is 2.42. The molecule has 2 aliphatic rings. The predicted molar refractivity (Wildman–Crippen MR) is 90.8 cm³/mol. The van der Waals surface area contributed by atoms with Crippen molar-refractivity contribution in [3.8, 4) is 0 Å². The quantitative estimate of drug-likeness (QED) is 0.661. The van der Waals surface area contributed by atoms with Crippen LogP contribution in [-0.2, 0) is 0 Å². The molecule has 0 aromatic heterocycles. The van der Waals surface area contributed by atoms with Gasteiger partial charge in [0.1, 0.15) is 6.34 Å². The Morgan fingerprint density at radius 1 is 0.952 bits per heavy atom. The van der Waals surface area contributed by atoms with Gasteiger partial charge in [0.15, 0.2) is 5.82 Å². The Bertz CT molecular complexity index is 528. The van der Waals surface area contributed by atoms with E-state index in [-0.39, 0.29) is 21.8 Å². The number of nitrogens with zero attached hydrogens (tertiary/aromatic N) is 4. The lowest BCUT2D eigenvalue weighted by atomic mass is 9.68. The topological polar surface area (TPSA) is 40.3 Å². The van der Waals surface area contributed by atoms with Crippen LogP contribution in [0.25, 0.3) is 0 Å². The molecule has 0 aromatic carbocycles. The molecular weight excluding hydrogens is 260 g/mol. The fraction of sp³-hybridized carbons (Fsp3) is 0.706. The van der Waals surface area contributed by atoms with Crippen LogP contribution in [0, 0.1) is 16.2 Å². The second-order valence-corrected chi connectivity index (χ2v) is 8.52. The van der Waals surface area contributed by atoms with Crippen molar-refractivity contribution >= 4 is 18.8 Å². The van der Waals surface area contributed by atoms with Crippen LogP contribution in [0.1, 0.15) is 55.4 Å². The lowest BCUT2D eigenvalue weighted by Gasteiger charge is -2.39. The van der Waals surface area contributed by atoms with Crippen LogP contribution in [0.2, 0.25) is 0 Å². The second-order valence-electron chi connectivity index (χ2n) is 8.52. The van der Waals surface area contributed by atoms with Crippen molar-refractivity contribution in [2.75, 3.05) is 0 Å². The smallest absolute Gasteiger partial charge is 0.151 e. The van der Waals surface area contributed by atoms with Gasteiger partial charge in [0.2, 0.25) is 0 Å². The van der Waals surface area contributed by atoms with Crippen LogP contribution < -0.4 is 0 Å². The van der Waals surface area contributed by atoms with Gasteiger partial charge in [0.25, 0.3) is 0 Å². The van der Waals surface area contributed by atoms with E-state index in [1.165, 1.54) is 0 Å². The highest BCUT2D eigenvalue weighted by atomic mass is 15.5. The first kappa shape index (κ1) is 15.9. The van der Waals surface area contributed by atoms with E-state index >= 15 is 0 Å². The minimum Gasteiger partial charge on any atom is -0.261 e. The van der Waals surface area contributed by atoms with Gasteiger partial charge in [-0.3, -0.25) is 4.99 Å². The SMILES string of the molecule is CC(C)(C)C1(C)C=NN2C=NC(C)(C(C)(C)C)C=NC2=C1. The Labute approximate surface area is 128 Å². The number of fused-ring (bicyclic) bond motifs is 1. The Morgan fingerprint density at radius 3 is 2.10 bits per heavy atom. The third kappa shape index (κ3) is 2.68. The Kier molecular flexibility index (Phi) is 3.43. The molecule has 21 heavy (non-hydrogen) atoms. The van der Waals surface area contributed by atoms with E-state index in [1.54, 1.807) is 11.3 Å². The summed E-state index contributed by atoms with van der Waals surface area (Å²) in [4.78, 5) is 9.41. The minimum absolute atomic E-state index is 0.000775. The van der Waals surface area contributed by atoms with Crippen molar-refractivity contribution in [1.29, 1.82) is 0 Å². The normalized spacial score (nSPS) is 32.8. The third-order valence-electron chi connectivity index (χ3n) is 5.13. The maximum Gasteiger partial charge on any atom is 0.151 e. The molecule has 4 nitrogen and oxygen atoms in total. The van der Waals surface area contributed by atoms with Gasteiger partial charge in [0, 0.05) is 17.8 Å². The maximum absolute atomic E-state index is 4.72.